The van der Waals surface area contributed by atoms with Gasteiger partial charge in [-0.1, -0.05) is 49.6 Å². The van der Waals surface area contributed by atoms with Crippen LogP contribution in [0.2, 0.25) is 0 Å². The first-order chi connectivity index (χ1) is 15.2. The number of hydrogen-bond donors (Lipinski definition) is 2. The molecule has 5 heteroatoms. The largest absolute Gasteiger partial charge is 0.497 e. The maximum Gasteiger partial charge on any atom is 0.239 e. The standard InChI is InChI=1S/C26H33N3O2/c1-31-23-11-5-10-22(17-23)24-12-6-9-21-13-16-29(26(21)24)19-25(30)28-15-14-27-18-20-7-3-2-4-8-20/h5-6,9-13,16-17,20,27H,2-4,7-8,14-15,18-19H2,1H3,(H,28,30). The highest BCUT2D eigenvalue weighted by Gasteiger charge is 2.13. The van der Waals surface area contributed by atoms with Gasteiger partial charge in [-0.15, -0.1) is 0 Å². The van der Waals surface area contributed by atoms with Crippen LogP contribution in [0, 0.1) is 5.92 Å². The van der Waals surface area contributed by atoms with Crippen LogP contribution in [-0.2, 0) is 11.3 Å². The van der Waals surface area contributed by atoms with Crippen molar-refractivity contribution in [1.82, 2.24) is 15.2 Å². The fourth-order valence-electron chi connectivity index (χ4n) is 4.61. The summed E-state index contributed by atoms with van der Waals surface area (Å²) in [6.45, 7) is 2.87. The van der Waals surface area contributed by atoms with Crippen LogP contribution in [0.1, 0.15) is 32.1 Å². The molecule has 0 saturated heterocycles. The third-order valence-electron chi connectivity index (χ3n) is 6.26. The molecule has 164 valence electrons. The molecule has 5 nitrogen and oxygen atoms in total. The Kier molecular flexibility index (Phi) is 7.26. The molecule has 0 radical (unpaired) electrons. The van der Waals surface area contributed by atoms with E-state index in [0.717, 1.165) is 46.8 Å². The van der Waals surface area contributed by atoms with Gasteiger partial charge in [-0.25, -0.2) is 0 Å². The summed E-state index contributed by atoms with van der Waals surface area (Å²) in [6.07, 6.45) is 8.80. The van der Waals surface area contributed by atoms with Gasteiger partial charge in [0.1, 0.15) is 12.3 Å². The first kappa shape index (κ1) is 21.4. The lowest BCUT2D eigenvalue weighted by atomic mass is 9.89. The van der Waals surface area contributed by atoms with Crippen molar-refractivity contribution in [2.45, 2.75) is 38.6 Å². The third-order valence-corrected chi connectivity index (χ3v) is 6.26. The molecule has 1 saturated carbocycles. The minimum atomic E-state index is 0.0393. The Labute approximate surface area is 184 Å². The molecule has 4 rings (SSSR count). The molecule has 0 atom stereocenters. The highest BCUT2D eigenvalue weighted by Crippen LogP contribution is 2.31. The molecule has 0 bridgehead atoms. The summed E-state index contributed by atoms with van der Waals surface area (Å²) in [5, 5.41) is 7.69. The Bertz CT molecular complexity index is 1000. The van der Waals surface area contributed by atoms with E-state index in [2.05, 4.69) is 41.0 Å². The highest BCUT2D eigenvalue weighted by atomic mass is 16.5. The summed E-state index contributed by atoms with van der Waals surface area (Å²) in [5.41, 5.74) is 3.25. The van der Waals surface area contributed by atoms with Gasteiger partial charge < -0.3 is 19.9 Å². The molecule has 2 N–H and O–H groups in total. The maximum atomic E-state index is 12.6. The number of fused-ring (bicyclic) bond motifs is 1. The van der Waals surface area contributed by atoms with Crippen molar-refractivity contribution in [3.8, 4) is 16.9 Å². The predicted octanol–water partition coefficient (Wildman–Crippen LogP) is 4.60. The van der Waals surface area contributed by atoms with Crippen LogP contribution >= 0.6 is 0 Å². The molecule has 31 heavy (non-hydrogen) atoms. The predicted molar refractivity (Wildman–Crippen MR) is 126 cm³/mol. The zero-order chi connectivity index (χ0) is 21.5. The van der Waals surface area contributed by atoms with Crippen molar-refractivity contribution in [2.75, 3.05) is 26.7 Å². The van der Waals surface area contributed by atoms with E-state index in [9.17, 15) is 4.79 Å². The van der Waals surface area contributed by atoms with Gasteiger partial charge in [-0.2, -0.15) is 0 Å². The third kappa shape index (κ3) is 5.47. The summed E-state index contributed by atoms with van der Waals surface area (Å²) >= 11 is 0. The summed E-state index contributed by atoms with van der Waals surface area (Å²) < 4.78 is 7.43. The molecule has 3 aromatic rings. The van der Waals surface area contributed by atoms with Crippen LogP contribution in [0.4, 0.5) is 0 Å². The molecule has 1 aliphatic carbocycles. The lowest BCUT2D eigenvalue weighted by molar-refractivity contribution is -0.121. The van der Waals surface area contributed by atoms with Gasteiger partial charge in [0, 0.05) is 30.2 Å². The first-order valence-electron chi connectivity index (χ1n) is 11.4. The van der Waals surface area contributed by atoms with Crippen LogP contribution in [0.3, 0.4) is 0 Å². The highest BCUT2D eigenvalue weighted by molar-refractivity contribution is 5.95. The normalized spacial score (nSPS) is 14.6. The Morgan fingerprint density at radius 1 is 1.06 bits per heavy atom. The number of nitrogens with one attached hydrogen (secondary N) is 2. The van der Waals surface area contributed by atoms with Gasteiger partial charge in [-0.3, -0.25) is 4.79 Å². The summed E-state index contributed by atoms with van der Waals surface area (Å²) in [4.78, 5) is 12.6. The Hall–Kier alpha value is -2.79. The molecule has 1 heterocycles. The van der Waals surface area contributed by atoms with Crippen molar-refractivity contribution in [2.24, 2.45) is 5.92 Å². The lowest BCUT2D eigenvalue weighted by Crippen LogP contribution is -2.35. The quantitative estimate of drug-likeness (QED) is 0.498. The lowest BCUT2D eigenvalue weighted by Gasteiger charge is -2.21. The fraction of sp³-hybridized carbons (Fsp3) is 0.423. The number of amides is 1. The molecular formula is C26H33N3O2. The van der Waals surface area contributed by atoms with E-state index in [-0.39, 0.29) is 5.91 Å². The van der Waals surface area contributed by atoms with Crippen molar-refractivity contribution < 1.29 is 9.53 Å². The Balaban J connectivity index is 1.36. The number of aromatic nitrogens is 1. The van der Waals surface area contributed by atoms with Crippen LogP contribution in [0.15, 0.2) is 54.7 Å². The SMILES string of the molecule is COc1cccc(-c2cccc3ccn(CC(=O)NCCNCC4CCCCC4)c23)c1. The van der Waals surface area contributed by atoms with E-state index in [1.807, 2.05) is 29.0 Å². The van der Waals surface area contributed by atoms with Crippen LogP contribution in [0.5, 0.6) is 5.75 Å². The molecule has 2 aromatic carbocycles. The number of methoxy groups -OCH3 is 1. The van der Waals surface area contributed by atoms with Gasteiger partial charge >= 0.3 is 0 Å². The topological polar surface area (TPSA) is 55.3 Å². The molecule has 1 aromatic heterocycles. The molecule has 1 aliphatic rings. The monoisotopic (exact) mass is 419 g/mol. The van der Waals surface area contributed by atoms with Gasteiger partial charge in [-0.05, 0) is 49.1 Å². The molecular weight excluding hydrogens is 386 g/mol. The van der Waals surface area contributed by atoms with E-state index < -0.39 is 0 Å². The van der Waals surface area contributed by atoms with Crippen LogP contribution in [0.25, 0.3) is 22.0 Å². The minimum Gasteiger partial charge on any atom is -0.497 e. The summed E-state index contributed by atoms with van der Waals surface area (Å²) in [7, 11) is 1.68. The van der Waals surface area contributed by atoms with Gasteiger partial charge in [0.05, 0.1) is 12.6 Å². The number of nitrogens with zero attached hydrogens (tertiary/aromatic N) is 1. The van der Waals surface area contributed by atoms with Crippen molar-refractivity contribution in [3.63, 3.8) is 0 Å². The average Bonchev–Trinajstić information content (AvgIpc) is 3.22. The van der Waals surface area contributed by atoms with E-state index in [1.54, 1.807) is 7.11 Å². The molecule has 0 aliphatic heterocycles. The van der Waals surface area contributed by atoms with E-state index in [1.165, 1.54) is 32.1 Å². The number of carbonyl (C=O) groups is 1. The van der Waals surface area contributed by atoms with Crippen molar-refractivity contribution in [3.05, 3.63) is 54.7 Å². The van der Waals surface area contributed by atoms with Crippen molar-refractivity contribution >= 4 is 16.8 Å². The second kappa shape index (κ2) is 10.5. The van der Waals surface area contributed by atoms with E-state index in [0.29, 0.717) is 13.1 Å². The Morgan fingerprint density at radius 2 is 1.90 bits per heavy atom. The number of benzene rings is 2. The number of rotatable bonds is 9. The fourth-order valence-corrected chi connectivity index (χ4v) is 4.61. The first-order valence-corrected chi connectivity index (χ1v) is 11.4. The van der Waals surface area contributed by atoms with E-state index in [4.69, 9.17) is 4.74 Å². The zero-order valence-electron chi connectivity index (χ0n) is 18.4. The van der Waals surface area contributed by atoms with Crippen molar-refractivity contribution in [1.29, 1.82) is 0 Å². The smallest absolute Gasteiger partial charge is 0.239 e. The second-order valence-electron chi connectivity index (χ2n) is 8.48. The average molecular weight is 420 g/mol. The Morgan fingerprint density at radius 3 is 2.74 bits per heavy atom. The summed E-state index contributed by atoms with van der Waals surface area (Å²) in [6, 6.07) is 16.4. The van der Waals surface area contributed by atoms with E-state index >= 15 is 0 Å². The molecule has 0 spiro atoms. The minimum absolute atomic E-state index is 0.0393. The number of carbonyl (C=O) groups excluding carboxylic acids is 1. The second-order valence-corrected chi connectivity index (χ2v) is 8.48. The van der Waals surface area contributed by atoms with Crippen LogP contribution < -0.4 is 15.4 Å². The molecule has 0 unspecified atom stereocenters. The molecule has 1 fully saturated rings. The van der Waals surface area contributed by atoms with Crippen LogP contribution in [-0.4, -0.2) is 37.2 Å². The molecule has 1 amide bonds. The van der Waals surface area contributed by atoms with Gasteiger partial charge in [0.15, 0.2) is 0 Å². The maximum absolute atomic E-state index is 12.6. The number of hydrogen-bond acceptors (Lipinski definition) is 3. The van der Waals surface area contributed by atoms with Gasteiger partial charge in [0.25, 0.3) is 0 Å². The zero-order valence-corrected chi connectivity index (χ0v) is 18.4. The van der Waals surface area contributed by atoms with Gasteiger partial charge in [0.2, 0.25) is 5.91 Å². The number of para-hydroxylation sites is 1. The summed E-state index contributed by atoms with van der Waals surface area (Å²) in [5.74, 6) is 1.68. The number of ether oxygens (including phenoxy) is 1.